The Balaban J connectivity index is 2.21. The number of rotatable bonds is 4. The van der Waals surface area contributed by atoms with E-state index in [0.29, 0.717) is 31.7 Å². The molecule has 1 aromatic carbocycles. The van der Waals surface area contributed by atoms with Crippen LogP contribution in [0.25, 0.3) is 0 Å². The Labute approximate surface area is 120 Å². The van der Waals surface area contributed by atoms with Crippen LogP contribution >= 0.6 is 0 Å². The van der Waals surface area contributed by atoms with Gasteiger partial charge in [-0.15, -0.1) is 0 Å². The number of phenols is 1. The Morgan fingerprint density at radius 1 is 1.30 bits per heavy atom. The van der Waals surface area contributed by atoms with E-state index in [4.69, 9.17) is 0 Å². The second-order valence-corrected chi connectivity index (χ2v) is 6.90. The summed E-state index contributed by atoms with van der Waals surface area (Å²) in [5.41, 5.74) is 0.605. The molecule has 1 saturated heterocycles. The zero-order valence-corrected chi connectivity index (χ0v) is 12.6. The minimum atomic E-state index is -3.51. The van der Waals surface area contributed by atoms with Crippen molar-refractivity contribution in [3.8, 4) is 5.75 Å². The van der Waals surface area contributed by atoms with Crippen LogP contribution in [-0.2, 0) is 10.2 Å². The molecule has 0 amide bonds. The third-order valence-electron chi connectivity index (χ3n) is 3.70. The highest BCUT2D eigenvalue weighted by Gasteiger charge is 2.32. The fourth-order valence-electron chi connectivity index (χ4n) is 2.29. The van der Waals surface area contributed by atoms with Gasteiger partial charge in [-0.2, -0.15) is 17.0 Å². The number of benzene rings is 1. The highest BCUT2D eigenvalue weighted by molar-refractivity contribution is 7.86. The van der Waals surface area contributed by atoms with Gasteiger partial charge in [-0.3, -0.25) is 0 Å². The summed E-state index contributed by atoms with van der Waals surface area (Å²) in [6.07, 6.45) is 0. The highest BCUT2D eigenvalue weighted by atomic mass is 32.2. The van der Waals surface area contributed by atoms with Crippen molar-refractivity contribution in [1.82, 2.24) is 13.9 Å². The first-order valence-electron chi connectivity index (χ1n) is 6.66. The molecule has 1 unspecified atom stereocenters. The molecule has 0 aromatic heterocycles. The maximum Gasteiger partial charge on any atom is 0.282 e. The Kier molecular flexibility index (Phi) is 4.64. The molecule has 1 aliphatic rings. The van der Waals surface area contributed by atoms with Crippen molar-refractivity contribution in [3.63, 3.8) is 0 Å². The molecule has 2 N–H and O–H groups in total. The zero-order valence-electron chi connectivity index (χ0n) is 11.8. The van der Waals surface area contributed by atoms with Crippen LogP contribution in [0.4, 0.5) is 0 Å². The van der Waals surface area contributed by atoms with Gasteiger partial charge in [0.1, 0.15) is 5.75 Å². The monoisotopic (exact) mass is 299 g/mol. The minimum absolute atomic E-state index is 0.113. The fourth-order valence-corrected chi connectivity index (χ4v) is 3.82. The van der Waals surface area contributed by atoms with Crippen molar-refractivity contribution < 1.29 is 13.5 Å². The third-order valence-corrected chi connectivity index (χ3v) is 5.76. The molecule has 7 heteroatoms. The lowest BCUT2D eigenvalue weighted by Gasteiger charge is -2.33. The Bertz CT molecular complexity index is 556. The van der Waals surface area contributed by atoms with Crippen LogP contribution in [0.5, 0.6) is 5.75 Å². The van der Waals surface area contributed by atoms with E-state index in [-0.39, 0.29) is 5.75 Å². The lowest BCUT2D eigenvalue weighted by atomic mass is 10.1. The van der Waals surface area contributed by atoms with E-state index >= 15 is 0 Å². The third kappa shape index (κ3) is 2.95. The summed E-state index contributed by atoms with van der Waals surface area (Å²) in [5.74, 6) is 0.113. The predicted octanol–water partition coefficient (Wildman–Crippen LogP) is 0.535. The van der Waals surface area contributed by atoms with Crippen molar-refractivity contribution in [3.05, 3.63) is 29.8 Å². The molecule has 1 aromatic rings. The van der Waals surface area contributed by atoms with Gasteiger partial charge in [0.15, 0.2) is 0 Å². The lowest BCUT2D eigenvalue weighted by Crippen LogP contribution is -2.51. The van der Waals surface area contributed by atoms with Gasteiger partial charge in [-0.25, -0.2) is 0 Å². The van der Waals surface area contributed by atoms with Crippen molar-refractivity contribution >= 4 is 10.2 Å². The number of hydrogen-bond acceptors (Lipinski definition) is 4. The highest BCUT2D eigenvalue weighted by Crippen LogP contribution is 2.29. The maximum atomic E-state index is 12.6. The van der Waals surface area contributed by atoms with Crippen LogP contribution in [0.3, 0.4) is 0 Å². The smallest absolute Gasteiger partial charge is 0.282 e. The molecule has 6 nitrogen and oxygen atoms in total. The molecule has 112 valence electrons. The number of nitrogens with zero attached hydrogens (tertiary/aromatic N) is 2. The molecular weight excluding hydrogens is 278 g/mol. The van der Waals surface area contributed by atoms with Crippen LogP contribution in [0, 0.1) is 0 Å². The van der Waals surface area contributed by atoms with Crippen LogP contribution in [0.2, 0.25) is 0 Å². The van der Waals surface area contributed by atoms with E-state index in [1.165, 1.54) is 8.61 Å². The quantitative estimate of drug-likeness (QED) is 0.851. The molecule has 1 heterocycles. The molecule has 2 rings (SSSR count). The van der Waals surface area contributed by atoms with Gasteiger partial charge in [-0.1, -0.05) is 18.2 Å². The van der Waals surface area contributed by atoms with Crippen molar-refractivity contribution in [2.75, 3.05) is 33.2 Å². The second kappa shape index (κ2) is 6.09. The SMILES string of the molecule is CC(c1ccccc1O)N(C)S(=O)(=O)N1CCNCC1. The van der Waals surface area contributed by atoms with Gasteiger partial charge in [0.2, 0.25) is 0 Å². The fraction of sp³-hybridized carbons (Fsp3) is 0.538. The predicted molar refractivity (Wildman–Crippen MR) is 77.6 cm³/mol. The molecule has 0 bridgehead atoms. The lowest BCUT2D eigenvalue weighted by molar-refractivity contribution is 0.303. The number of nitrogens with one attached hydrogen (secondary N) is 1. The van der Waals surface area contributed by atoms with E-state index in [2.05, 4.69) is 5.32 Å². The number of phenolic OH excluding ortho intramolecular Hbond substituents is 1. The summed E-state index contributed by atoms with van der Waals surface area (Å²) in [6, 6.07) is 6.39. The molecule has 1 aliphatic heterocycles. The summed E-state index contributed by atoms with van der Waals surface area (Å²) in [6.45, 7) is 4.05. The van der Waals surface area contributed by atoms with Crippen LogP contribution in [0.1, 0.15) is 18.5 Å². The average molecular weight is 299 g/mol. The van der Waals surface area contributed by atoms with Crippen molar-refractivity contribution in [1.29, 1.82) is 0 Å². The van der Waals surface area contributed by atoms with E-state index in [0.717, 1.165) is 0 Å². The summed E-state index contributed by atoms with van der Waals surface area (Å²) in [4.78, 5) is 0. The Morgan fingerprint density at radius 3 is 2.50 bits per heavy atom. The summed E-state index contributed by atoms with van der Waals surface area (Å²) >= 11 is 0. The summed E-state index contributed by atoms with van der Waals surface area (Å²) in [7, 11) is -1.96. The first kappa shape index (κ1) is 15.2. The molecule has 1 fully saturated rings. The summed E-state index contributed by atoms with van der Waals surface area (Å²) < 4.78 is 27.9. The zero-order chi connectivity index (χ0) is 14.8. The van der Waals surface area contributed by atoms with Crippen LogP contribution in [-0.4, -0.2) is 55.4 Å². The molecule has 0 spiro atoms. The van der Waals surface area contributed by atoms with Crippen molar-refractivity contribution in [2.45, 2.75) is 13.0 Å². The van der Waals surface area contributed by atoms with Crippen LogP contribution in [0.15, 0.2) is 24.3 Å². The van der Waals surface area contributed by atoms with E-state index in [1.54, 1.807) is 38.2 Å². The van der Waals surface area contributed by atoms with Gasteiger partial charge in [0.25, 0.3) is 10.2 Å². The van der Waals surface area contributed by atoms with Gasteiger partial charge < -0.3 is 10.4 Å². The molecule has 0 radical (unpaired) electrons. The van der Waals surface area contributed by atoms with E-state index < -0.39 is 16.3 Å². The normalized spacial score (nSPS) is 19.1. The Hall–Kier alpha value is -1.15. The standard InChI is InChI=1S/C13H21N3O3S/c1-11(12-5-3-4-6-13(12)17)15(2)20(18,19)16-9-7-14-8-10-16/h3-6,11,14,17H,7-10H2,1-2H3. The van der Waals surface area contributed by atoms with E-state index in [1.807, 2.05) is 0 Å². The molecule has 20 heavy (non-hydrogen) atoms. The first-order chi connectivity index (χ1) is 9.44. The van der Waals surface area contributed by atoms with Gasteiger partial charge in [0.05, 0.1) is 6.04 Å². The summed E-state index contributed by atoms with van der Waals surface area (Å²) in [5, 5.41) is 13.0. The second-order valence-electron chi connectivity index (χ2n) is 4.91. The largest absolute Gasteiger partial charge is 0.508 e. The average Bonchev–Trinajstić information content (AvgIpc) is 2.47. The minimum Gasteiger partial charge on any atom is -0.508 e. The maximum absolute atomic E-state index is 12.6. The van der Waals surface area contributed by atoms with Gasteiger partial charge in [-0.05, 0) is 13.0 Å². The van der Waals surface area contributed by atoms with Crippen molar-refractivity contribution in [2.24, 2.45) is 0 Å². The molecule has 0 saturated carbocycles. The van der Waals surface area contributed by atoms with Crippen LogP contribution < -0.4 is 5.32 Å². The number of piperazine rings is 1. The van der Waals surface area contributed by atoms with E-state index in [9.17, 15) is 13.5 Å². The number of hydrogen-bond donors (Lipinski definition) is 2. The first-order valence-corrected chi connectivity index (χ1v) is 8.06. The number of aromatic hydroxyl groups is 1. The van der Waals surface area contributed by atoms with Gasteiger partial charge in [0, 0.05) is 38.8 Å². The molecule has 0 aliphatic carbocycles. The topological polar surface area (TPSA) is 72.9 Å². The van der Waals surface area contributed by atoms with Gasteiger partial charge >= 0.3 is 0 Å². The molecular formula is C13H21N3O3S. The molecule has 1 atom stereocenters. The Morgan fingerprint density at radius 2 is 1.90 bits per heavy atom. The number of para-hydroxylation sites is 1.